The Bertz CT molecular complexity index is 1470. The smallest absolute Gasteiger partial charge is 0.225 e. The number of benzene rings is 1. The normalized spacial score (nSPS) is 20.7. The van der Waals surface area contributed by atoms with Gasteiger partial charge in [-0.1, -0.05) is 12.1 Å². The summed E-state index contributed by atoms with van der Waals surface area (Å²) in [4.78, 5) is 20.5. The minimum Gasteiger partial charge on any atom is -0.507 e. The van der Waals surface area contributed by atoms with E-state index in [1.807, 2.05) is 36.7 Å². The highest BCUT2D eigenvalue weighted by Crippen LogP contribution is 2.38. The predicted octanol–water partition coefficient (Wildman–Crippen LogP) is 3.37. The Balaban J connectivity index is 1.06. The second kappa shape index (κ2) is 10.7. The summed E-state index contributed by atoms with van der Waals surface area (Å²) >= 11 is 0. The van der Waals surface area contributed by atoms with Crippen LogP contribution in [0, 0.1) is 5.92 Å². The highest BCUT2D eigenvalue weighted by atomic mass is 16.3. The standard InChI is InChI=1S/C30H37N9O/c1-20-28-24-16-26(23-4-2-3-5-27(23)40)35-36-29(24)34-25(28)8-13-39(20)30-32-17-22(18-33-30)38-11-6-21(7-12-38)19-37-14-9-31-10-15-37/h2-5,16-18,20-21,31,40H,6-15,19H2,1H3,(H,34,36). The van der Waals surface area contributed by atoms with E-state index < -0.39 is 0 Å². The fraction of sp³-hybridized carbons (Fsp3) is 0.467. The number of anilines is 2. The van der Waals surface area contributed by atoms with E-state index in [1.165, 1.54) is 43.7 Å². The summed E-state index contributed by atoms with van der Waals surface area (Å²) in [5, 5.41) is 23.7. The van der Waals surface area contributed by atoms with Gasteiger partial charge < -0.3 is 30.1 Å². The first-order chi connectivity index (χ1) is 19.6. The summed E-state index contributed by atoms with van der Waals surface area (Å²) in [7, 11) is 0. The molecule has 10 nitrogen and oxygen atoms in total. The number of nitrogens with one attached hydrogen (secondary N) is 2. The number of hydrogen-bond acceptors (Lipinski definition) is 9. The maximum atomic E-state index is 10.4. The zero-order valence-electron chi connectivity index (χ0n) is 23.1. The van der Waals surface area contributed by atoms with Crippen LogP contribution < -0.4 is 15.1 Å². The van der Waals surface area contributed by atoms with Crippen LogP contribution in [0.4, 0.5) is 11.6 Å². The van der Waals surface area contributed by atoms with Crippen molar-refractivity contribution >= 4 is 22.7 Å². The molecular weight excluding hydrogens is 502 g/mol. The number of piperidine rings is 1. The number of aromatic amines is 1. The van der Waals surface area contributed by atoms with Gasteiger partial charge in [0.15, 0.2) is 5.65 Å². The van der Waals surface area contributed by atoms with E-state index in [4.69, 9.17) is 9.97 Å². The fourth-order valence-electron chi connectivity index (χ4n) is 6.67. The largest absolute Gasteiger partial charge is 0.507 e. The van der Waals surface area contributed by atoms with Gasteiger partial charge in [-0.3, -0.25) is 0 Å². The Morgan fingerprint density at radius 1 is 0.975 bits per heavy atom. The molecule has 3 aromatic heterocycles. The van der Waals surface area contributed by atoms with Crippen molar-refractivity contribution in [3.05, 3.63) is 54.0 Å². The third-order valence-electron chi connectivity index (χ3n) is 8.93. The number of aromatic hydroxyl groups is 1. The summed E-state index contributed by atoms with van der Waals surface area (Å²) in [6, 6.07) is 9.35. The van der Waals surface area contributed by atoms with Gasteiger partial charge in [0.05, 0.1) is 29.8 Å². The third-order valence-corrected chi connectivity index (χ3v) is 8.93. The Hall–Kier alpha value is -3.76. The number of phenols is 1. The van der Waals surface area contributed by atoms with E-state index in [0.717, 1.165) is 67.7 Å². The zero-order chi connectivity index (χ0) is 27.1. The average Bonchev–Trinajstić information content (AvgIpc) is 3.37. The second-order valence-corrected chi connectivity index (χ2v) is 11.4. The van der Waals surface area contributed by atoms with Crippen molar-refractivity contribution in [3.63, 3.8) is 0 Å². The van der Waals surface area contributed by atoms with E-state index in [9.17, 15) is 5.11 Å². The number of hydrogen-bond donors (Lipinski definition) is 3. The second-order valence-electron chi connectivity index (χ2n) is 11.4. The van der Waals surface area contributed by atoms with Crippen molar-refractivity contribution in [2.24, 2.45) is 5.92 Å². The number of nitrogens with zero attached hydrogens (tertiary/aromatic N) is 7. The molecular formula is C30H37N9O. The first-order valence-corrected chi connectivity index (χ1v) is 14.6. The van der Waals surface area contributed by atoms with Gasteiger partial charge in [-0.05, 0) is 43.9 Å². The summed E-state index contributed by atoms with van der Waals surface area (Å²) in [6.07, 6.45) is 7.30. The molecule has 3 N–H and O–H groups in total. The molecule has 2 fully saturated rings. The number of piperazine rings is 1. The van der Waals surface area contributed by atoms with Crippen LogP contribution in [0.3, 0.4) is 0 Å². The highest BCUT2D eigenvalue weighted by molar-refractivity contribution is 5.86. The summed E-state index contributed by atoms with van der Waals surface area (Å²) < 4.78 is 0. The highest BCUT2D eigenvalue weighted by Gasteiger charge is 2.30. The number of aromatic nitrogens is 5. The average molecular weight is 540 g/mol. The number of rotatable bonds is 5. The van der Waals surface area contributed by atoms with E-state index in [0.29, 0.717) is 11.3 Å². The van der Waals surface area contributed by atoms with Gasteiger partial charge in [-0.25, -0.2) is 9.97 Å². The molecule has 3 aliphatic rings. The van der Waals surface area contributed by atoms with Crippen molar-refractivity contribution in [2.45, 2.75) is 32.2 Å². The molecule has 3 aliphatic heterocycles. The Morgan fingerprint density at radius 2 is 1.75 bits per heavy atom. The van der Waals surface area contributed by atoms with Crippen molar-refractivity contribution in [1.82, 2.24) is 35.4 Å². The molecule has 0 bridgehead atoms. The molecule has 0 spiro atoms. The molecule has 208 valence electrons. The summed E-state index contributed by atoms with van der Waals surface area (Å²) in [6.45, 7) is 11.0. The van der Waals surface area contributed by atoms with Gasteiger partial charge in [0.1, 0.15) is 5.75 Å². The van der Waals surface area contributed by atoms with Crippen molar-refractivity contribution < 1.29 is 5.11 Å². The molecule has 0 amide bonds. The van der Waals surface area contributed by atoms with Gasteiger partial charge in [0, 0.05) is 81.0 Å². The lowest BCUT2D eigenvalue weighted by Gasteiger charge is -2.37. The monoisotopic (exact) mass is 539 g/mol. The molecule has 1 unspecified atom stereocenters. The molecule has 40 heavy (non-hydrogen) atoms. The van der Waals surface area contributed by atoms with E-state index in [-0.39, 0.29) is 11.8 Å². The molecule has 6 heterocycles. The molecule has 0 aliphatic carbocycles. The molecule has 0 radical (unpaired) electrons. The Kier molecular flexibility index (Phi) is 6.73. The molecule has 1 aromatic carbocycles. The fourth-order valence-corrected chi connectivity index (χ4v) is 6.67. The van der Waals surface area contributed by atoms with Crippen LogP contribution in [-0.2, 0) is 6.42 Å². The molecule has 0 saturated carbocycles. The SMILES string of the molecule is CC1c2c([nH]c3nnc(-c4ccccc4O)cc23)CCN1c1ncc(N2CCC(CN3CCNCC3)CC2)cn1. The molecule has 10 heteroatoms. The van der Waals surface area contributed by atoms with Gasteiger partial charge in [-0.2, -0.15) is 0 Å². The zero-order valence-corrected chi connectivity index (χ0v) is 23.1. The van der Waals surface area contributed by atoms with E-state index in [1.54, 1.807) is 6.07 Å². The quantitative estimate of drug-likeness (QED) is 0.352. The maximum Gasteiger partial charge on any atom is 0.225 e. The lowest BCUT2D eigenvalue weighted by molar-refractivity contribution is 0.190. The first-order valence-electron chi connectivity index (χ1n) is 14.6. The number of phenolic OH excluding ortho intramolecular Hbond substituents is 1. The number of H-pyrrole nitrogens is 1. The van der Waals surface area contributed by atoms with Gasteiger partial charge >= 0.3 is 0 Å². The van der Waals surface area contributed by atoms with Crippen LogP contribution in [0.5, 0.6) is 5.75 Å². The van der Waals surface area contributed by atoms with E-state index >= 15 is 0 Å². The van der Waals surface area contributed by atoms with Gasteiger partial charge in [0.2, 0.25) is 5.95 Å². The van der Waals surface area contributed by atoms with Crippen LogP contribution >= 0.6 is 0 Å². The molecule has 1 atom stereocenters. The van der Waals surface area contributed by atoms with Crippen molar-refractivity contribution in [3.8, 4) is 17.0 Å². The molecule has 2 saturated heterocycles. The summed E-state index contributed by atoms with van der Waals surface area (Å²) in [5.41, 5.74) is 5.61. The van der Waals surface area contributed by atoms with Crippen LogP contribution in [-0.4, -0.2) is 87.5 Å². The minimum atomic E-state index is 0.0745. The Labute approximate surface area is 234 Å². The molecule has 4 aromatic rings. The number of fused-ring (bicyclic) bond motifs is 3. The third kappa shape index (κ3) is 4.75. The van der Waals surface area contributed by atoms with Crippen LogP contribution in [0.1, 0.15) is 37.1 Å². The summed E-state index contributed by atoms with van der Waals surface area (Å²) in [5.74, 6) is 1.74. The topological polar surface area (TPSA) is 109 Å². The number of para-hydroxylation sites is 1. The lowest BCUT2D eigenvalue weighted by atomic mass is 9.95. The van der Waals surface area contributed by atoms with Crippen molar-refractivity contribution in [2.75, 3.05) is 62.2 Å². The van der Waals surface area contributed by atoms with Crippen LogP contribution in [0.15, 0.2) is 42.7 Å². The maximum absolute atomic E-state index is 10.4. The van der Waals surface area contributed by atoms with Gasteiger partial charge in [0.25, 0.3) is 0 Å². The lowest BCUT2D eigenvalue weighted by Crippen LogP contribution is -2.47. The van der Waals surface area contributed by atoms with E-state index in [2.05, 4.69) is 42.1 Å². The minimum absolute atomic E-state index is 0.0745. The first kappa shape index (κ1) is 25.2. The van der Waals surface area contributed by atoms with Crippen LogP contribution in [0.2, 0.25) is 0 Å². The Morgan fingerprint density at radius 3 is 2.52 bits per heavy atom. The van der Waals surface area contributed by atoms with Crippen LogP contribution in [0.25, 0.3) is 22.3 Å². The molecule has 7 rings (SSSR count). The predicted molar refractivity (Wildman–Crippen MR) is 157 cm³/mol. The van der Waals surface area contributed by atoms with Crippen molar-refractivity contribution in [1.29, 1.82) is 0 Å². The van der Waals surface area contributed by atoms with Gasteiger partial charge in [-0.15, -0.1) is 10.2 Å².